The van der Waals surface area contributed by atoms with E-state index in [0.29, 0.717) is 35.2 Å². The maximum absolute atomic E-state index is 12.1. The Morgan fingerprint density at radius 1 is 1.33 bits per heavy atom. The number of carbonyl (C=O) groups excluding carboxylic acids is 1. The molecule has 2 aromatic heterocycles. The molecule has 0 aliphatic carbocycles. The van der Waals surface area contributed by atoms with Gasteiger partial charge in [0.15, 0.2) is 5.76 Å². The van der Waals surface area contributed by atoms with Crippen molar-refractivity contribution in [3.63, 3.8) is 0 Å². The highest BCUT2D eigenvalue weighted by Gasteiger charge is 2.12. The molecule has 0 atom stereocenters. The van der Waals surface area contributed by atoms with Crippen molar-refractivity contribution in [3.05, 3.63) is 52.3 Å². The fourth-order valence-corrected chi connectivity index (χ4v) is 2.61. The van der Waals surface area contributed by atoms with Crippen molar-refractivity contribution in [2.45, 2.75) is 20.5 Å². The molecule has 0 fully saturated rings. The second-order valence-corrected chi connectivity index (χ2v) is 5.79. The Labute approximate surface area is 142 Å². The Balaban J connectivity index is 1.60. The summed E-state index contributed by atoms with van der Waals surface area (Å²) in [6.07, 6.45) is 0. The summed E-state index contributed by atoms with van der Waals surface area (Å²) in [4.78, 5) is 16.3. The quantitative estimate of drug-likeness (QED) is 0.731. The smallest absolute Gasteiger partial charge is 0.323 e. The molecular formula is C16H16N4O3S. The Kier molecular flexibility index (Phi) is 4.76. The van der Waals surface area contributed by atoms with Gasteiger partial charge in [0.05, 0.1) is 11.2 Å². The van der Waals surface area contributed by atoms with Gasteiger partial charge in [-0.15, -0.1) is 11.3 Å². The van der Waals surface area contributed by atoms with Crippen LogP contribution >= 0.6 is 11.3 Å². The maximum Gasteiger partial charge on any atom is 0.323 e. The van der Waals surface area contributed by atoms with Gasteiger partial charge in [0.1, 0.15) is 23.7 Å². The van der Waals surface area contributed by atoms with E-state index in [1.165, 1.54) is 11.3 Å². The standard InChI is InChI=1S/C16H16N4O3S/c1-10-15(11(2)23-20-10)19-16(21)18-12-4-3-5-14(6-12)22-7-13-8-24-9-17-13/h3-6,8-9H,7H2,1-2H3,(H2,18,19,21). The number of amides is 2. The third kappa shape index (κ3) is 3.90. The molecule has 24 heavy (non-hydrogen) atoms. The molecule has 7 nitrogen and oxygen atoms in total. The van der Waals surface area contributed by atoms with Crippen molar-refractivity contribution in [2.24, 2.45) is 0 Å². The van der Waals surface area contributed by atoms with Crippen LogP contribution in [0.1, 0.15) is 17.1 Å². The zero-order valence-corrected chi connectivity index (χ0v) is 14.0. The number of benzene rings is 1. The van der Waals surface area contributed by atoms with Crippen LogP contribution in [-0.4, -0.2) is 16.2 Å². The van der Waals surface area contributed by atoms with Crippen molar-refractivity contribution in [1.29, 1.82) is 0 Å². The lowest BCUT2D eigenvalue weighted by atomic mass is 10.3. The molecule has 124 valence electrons. The molecule has 1 aromatic carbocycles. The van der Waals surface area contributed by atoms with E-state index in [1.54, 1.807) is 31.5 Å². The molecule has 0 unspecified atom stereocenters. The van der Waals surface area contributed by atoms with E-state index in [0.717, 1.165) is 5.69 Å². The van der Waals surface area contributed by atoms with E-state index in [9.17, 15) is 4.79 Å². The molecule has 8 heteroatoms. The number of hydrogen-bond donors (Lipinski definition) is 2. The Morgan fingerprint density at radius 2 is 2.21 bits per heavy atom. The molecule has 0 saturated heterocycles. The summed E-state index contributed by atoms with van der Waals surface area (Å²) in [5, 5.41) is 11.2. The first-order chi connectivity index (χ1) is 11.6. The molecule has 3 rings (SSSR count). The van der Waals surface area contributed by atoms with Gasteiger partial charge >= 0.3 is 6.03 Å². The number of rotatable bonds is 5. The summed E-state index contributed by atoms with van der Waals surface area (Å²) in [6.45, 7) is 3.89. The van der Waals surface area contributed by atoms with Crippen molar-refractivity contribution in [3.8, 4) is 5.75 Å². The Bertz CT molecular complexity index is 810. The predicted octanol–water partition coefficient (Wildman–Crippen LogP) is 3.97. The van der Waals surface area contributed by atoms with Crippen LogP contribution in [0.25, 0.3) is 0 Å². The Morgan fingerprint density at radius 3 is 2.92 bits per heavy atom. The van der Waals surface area contributed by atoms with Crippen LogP contribution in [0.15, 0.2) is 39.7 Å². The van der Waals surface area contributed by atoms with Gasteiger partial charge in [-0.1, -0.05) is 11.2 Å². The predicted molar refractivity (Wildman–Crippen MR) is 91.5 cm³/mol. The third-order valence-corrected chi connectivity index (χ3v) is 3.87. The van der Waals surface area contributed by atoms with Crippen molar-refractivity contribution in [1.82, 2.24) is 10.1 Å². The molecule has 2 heterocycles. The highest BCUT2D eigenvalue weighted by Crippen LogP contribution is 2.21. The number of nitrogens with zero attached hydrogens (tertiary/aromatic N) is 2. The van der Waals surface area contributed by atoms with Crippen LogP contribution in [0.2, 0.25) is 0 Å². The molecule has 0 aliphatic rings. The summed E-state index contributed by atoms with van der Waals surface area (Å²) in [6, 6.07) is 6.79. The molecule has 0 radical (unpaired) electrons. The minimum Gasteiger partial charge on any atom is -0.487 e. The fraction of sp³-hybridized carbons (Fsp3) is 0.188. The number of urea groups is 1. The lowest BCUT2D eigenvalue weighted by Crippen LogP contribution is -2.20. The Hall–Kier alpha value is -2.87. The molecule has 3 aromatic rings. The molecule has 0 aliphatic heterocycles. The van der Waals surface area contributed by atoms with Gasteiger partial charge < -0.3 is 19.9 Å². The summed E-state index contributed by atoms with van der Waals surface area (Å²) < 4.78 is 10.7. The number of aromatic nitrogens is 2. The van der Waals surface area contributed by atoms with E-state index in [2.05, 4.69) is 20.8 Å². The van der Waals surface area contributed by atoms with Crippen LogP contribution < -0.4 is 15.4 Å². The van der Waals surface area contributed by atoms with Gasteiger partial charge in [-0.2, -0.15) is 0 Å². The van der Waals surface area contributed by atoms with E-state index >= 15 is 0 Å². The van der Waals surface area contributed by atoms with Crippen LogP contribution in [-0.2, 0) is 6.61 Å². The molecule has 0 saturated carbocycles. The monoisotopic (exact) mass is 344 g/mol. The van der Waals surface area contributed by atoms with E-state index in [-0.39, 0.29) is 6.03 Å². The average molecular weight is 344 g/mol. The number of carbonyl (C=O) groups is 1. The highest BCUT2D eigenvalue weighted by atomic mass is 32.1. The van der Waals surface area contributed by atoms with Crippen LogP contribution in [0.3, 0.4) is 0 Å². The first-order valence-electron chi connectivity index (χ1n) is 7.22. The minimum atomic E-state index is -0.374. The number of ether oxygens (including phenoxy) is 1. The van der Waals surface area contributed by atoms with Crippen molar-refractivity contribution in [2.75, 3.05) is 10.6 Å². The molecule has 2 N–H and O–H groups in total. The average Bonchev–Trinajstić information content (AvgIpc) is 3.19. The third-order valence-electron chi connectivity index (χ3n) is 3.23. The lowest BCUT2D eigenvalue weighted by molar-refractivity contribution is 0.262. The van der Waals surface area contributed by atoms with Crippen LogP contribution in [0.4, 0.5) is 16.2 Å². The summed E-state index contributed by atoms with van der Waals surface area (Å²) >= 11 is 1.52. The largest absolute Gasteiger partial charge is 0.487 e. The summed E-state index contributed by atoms with van der Waals surface area (Å²) in [5.74, 6) is 1.21. The van der Waals surface area contributed by atoms with Gasteiger partial charge in [0.2, 0.25) is 0 Å². The van der Waals surface area contributed by atoms with E-state index in [4.69, 9.17) is 9.26 Å². The molecule has 0 spiro atoms. The highest BCUT2D eigenvalue weighted by molar-refractivity contribution is 7.07. The van der Waals surface area contributed by atoms with Gasteiger partial charge in [-0.05, 0) is 26.0 Å². The SMILES string of the molecule is Cc1noc(C)c1NC(=O)Nc1cccc(OCc2cscn2)c1. The lowest BCUT2D eigenvalue weighted by Gasteiger charge is -2.09. The van der Waals surface area contributed by atoms with Gasteiger partial charge in [-0.25, -0.2) is 9.78 Å². The minimum absolute atomic E-state index is 0.374. The van der Waals surface area contributed by atoms with Crippen LogP contribution in [0, 0.1) is 13.8 Å². The summed E-state index contributed by atoms with van der Waals surface area (Å²) in [7, 11) is 0. The molecule has 2 amide bonds. The van der Waals surface area contributed by atoms with Gasteiger partial charge in [0, 0.05) is 17.1 Å². The van der Waals surface area contributed by atoms with Crippen molar-refractivity contribution >= 4 is 28.7 Å². The molecule has 0 bridgehead atoms. The van der Waals surface area contributed by atoms with E-state index < -0.39 is 0 Å². The first kappa shape index (κ1) is 16.0. The van der Waals surface area contributed by atoms with Gasteiger partial charge in [0.25, 0.3) is 0 Å². The molecular weight excluding hydrogens is 328 g/mol. The van der Waals surface area contributed by atoms with E-state index in [1.807, 2.05) is 17.5 Å². The number of thiazole rings is 1. The number of hydrogen-bond acceptors (Lipinski definition) is 6. The van der Waals surface area contributed by atoms with Crippen LogP contribution in [0.5, 0.6) is 5.75 Å². The summed E-state index contributed by atoms with van der Waals surface area (Å²) in [5.41, 5.74) is 4.45. The van der Waals surface area contributed by atoms with Gasteiger partial charge in [-0.3, -0.25) is 0 Å². The zero-order valence-electron chi connectivity index (χ0n) is 13.2. The number of anilines is 2. The second-order valence-electron chi connectivity index (χ2n) is 5.07. The zero-order chi connectivity index (χ0) is 16.9. The normalized spacial score (nSPS) is 10.4. The maximum atomic E-state index is 12.1. The topological polar surface area (TPSA) is 89.3 Å². The number of nitrogens with one attached hydrogen (secondary N) is 2. The second kappa shape index (κ2) is 7.14. The first-order valence-corrected chi connectivity index (χ1v) is 8.17. The number of aryl methyl sites for hydroxylation is 2. The van der Waals surface area contributed by atoms with Crippen molar-refractivity contribution < 1.29 is 14.1 Å². The fourth-order valence-electron chi connectivity index (χ4n) is 2.07.